The highest BCUT2D eigenvalue weighted by Gasteiger charge is 2.25. The summed E-state index contributed by atoms with van der Waals surface area (Å²) >= 11 is 0. The summed E-state index contributed by atoms with van der Waals surface area (Å²) in [7, 11) is -2.72. The number of aliphatic hydroxyl groups excluding tert-OH is 1. The van der Waals surface area contributed by atoms with Crippen LogP contribution in [0.4, 0.5) is 0 Å². The number of ether oxygens (including phenoxy) is 1. The van der Waals surface area contributed by atoms with Crippen LogP contribution >= 0.6 is 0 Å². The van der Waals surface area contributed by atoms with Gasteiger partial charge in [-0.05, 0) is 12.1 Å². The smallest absolute Gasteiger partial charge is 0.326 e. The molecule has 7 heteroatoms. The quantitative estimate of drug-likeness (QED) is 0.695. The zero-order valence-electron chi connectivity index (χ0n) is 9.16. The van der Waals surface area contributed by atoms with Crippen molar-refractivity contribution in [2.24, 2.45) is 0 Å². The van der Waals surface area contributed by atoms with Gasteiger partial charge < -0.3 is 9.84 Å². The lowest BCUT2D eigenvalue weighted by Crippen LogP contribution is -2.43. The molecule has 0 heterocycles. The molecule has 6 nitrogen and oxygen atoms in total. The lowest BCUT2D eigenvalue weighted by molar-refractivity contribution is -0.143. The largest absolute Gasteiger partial charge is 0.468 e. The van der Waals surface area contributed by atoms with Crippen molar-refractivity contribution in [1.82, 2.24) is 4.72 Å². The Labute approximate surface area is 99.3 Å². The lowest BCUT2D eigenvalue weighted by Gasteiger charge is -2.13. The molecule has 1 rings (SSSR count). The molecule has 0 saturated heterocycles. The normalized spacial score (nSPS) is 13.1. The Hall–Kier alpha value is -1.44. The molecular weight excluding hydrogens is 246 g/mol. The molecule has 0 amide bonds. The molecule has 0 aliphatic heterocycles. The fourth-order valence-corrected chi connectivity index (χ4v) is 2.35. The van der Waals surface area contributed by atoms with E-state index in [1.165, 1.54) is 12.1 Å². The first kappa shape index (κ1) is 13.6. The zero-order chi connectivity index (χ0) is 12.9. The van der Waals surface area contributed by atoms with Crippen molar-refractivity contribution < 1.29 is 23.1 Å². The summed E-state index contributed by atoms with van der Waals surface area (Å²) in [5, 5.41) is 8.91. The average Bonchev–Trinajstić information content (AvgIpc) is 2.36. The Bertz CT molecular complexity index is 471. The van der Waals surface area contributed by atoms with E-state index in [0.29, 0.717) is 0 Å². The van der Waals surface area contributed by atoms with Crippen LogP contribution in [0, 0.1) is 0 Å². The number of carbonyl (C=O) groups is 1. The molecule has 1 aromatic rings. The molecule has 0 aliphatic rings. The Morgan fingerprint density at radius 2 is 2.00 bits per heavy atom. The second-order valence-electron chi connectivity index (χ2n) is 3.19. The van der Waals surface area contributed by atoms with Crippen LogP contribution in [0.1, 0.15) is 0 Å². The van der Waals surface area contributed by atoms with E-state index in [1.54, 1.807) is 18.2 Å². The number of benzene rings is 1. The molecule has 0 saturated carbocycles. The zero-order valence-corrected chi connectivity index (χ0v) is 9.98. The minimum Gasteiger partial charge on any atom is -0.468 e. The van der Waals surface area contributed by atoms with Gasteiger partial charge in [-0.2, -0.15) is 4.72 Å². The van der Waals surface area contributed by atoms with Crippen molar-refractivity contribution in [3.05, 3.63) is 30.3 Å². The van der Waals surface area contributed by atoms with Crippen molar-refractivity contribution in [1.29, 1.82) is 0 Å². The number of nitrogens with one attached hydrogen (secondary N) is 1. The van der Waals surface area contributed by atoms with Crippen molar-refractivity contribution in [2.45, 2.75) is 10.9 Å². The van der Waals surface area contributed by atoms with Crippen molar-refractivity contribution in [3.8, 4) is 0 Å². The fraction of sp³-hybridized carbons (Fsp3) is 0.300. The number of esters is 1. The maximum atomic E-state index is 11.8. The third-order valence-corrected chi connectivity index (χ3v) is 3.51. The Balaban J connectivity index is 2.90. The molecule has 0 radical (unpaired) electrons. The topological polar surface area (TPSA) is 92.7 Å². The number of rotatable bonds is 5. The number of methoxy groups -OCH3 is 1. The molecule has 0 spiro atoms. The highest BCUT2D eigenvalue weighted by Crippen LogP contribution is 2.08. The summed E-state index contributed by atoms with van der Waals surface area (Å²) in [6.45, 7) is -0.668. The van der Waals surface area contributed by atoms with Gasteiger partial charge in [0.05, 0.1) is 18.6 Å². The van der Waals surface area contributed by atoms with Crippen LogP contribution in [0.2, 0.25) is 0 Å². The van der Waals surface area contributed by atoms with Crippen molar-refractivity contribution in [2.75, 3.05) is 13.7 Å². The maximum absolute atomic E-state index is 11.8. The van der Waals surface area contributed by atoms with Gasteiger partial charge >= 0.3 is 5.97 Å². The first-order valence-corrected chi connectivity index (χ1v) is 6.25. The van der Waals surface area contributed by atoms with E-state index in [2.05, 4.69) is 9.46 Å². The van der Waals surface area contributed by atoms with Crippen LogP contribution in [0.15, 0.2) is 35.2 Å². The molecule has 2 N–H and O–H groups in total. The highest BCUT2D eigenvalue weighted by atomic mass is 32.2. The first-order valence-electron chi connectivity index (χ1n) is 4.77. The summed E-state index contributed by atoms with van der Waals surface area (Å²) in [6.07, 6.45) is 0. The maximum Gasteiger partial charge on any atom is 0.326 e. The molecule has 1 atom stereocenters. The number of hydrogen-bond acceptors (Lipinski definition) is 5. The summed E-state index contributed by atoms with van der Waals surface area (Å²) in [4.78, 5) is 11.2. The van der Waals surface area contributed by atoms with Crippen LogP contribution in [0.25, 0.3) is 0 Å². The first-order chi connectivity index (χ1) is 8.01. The van der Waals surface area contributed by atoms with Gasteiger partial charge in [0.1, 0.15) is 6.04 Å². The van der Waals surface area contributed by atoms with Gasteiger partial charge in [0.15, 0.2) is 0 Å². The molecule has 0 aliphatic carbocycles. The van der Waals surface area contributed by atoms with Gasteiger partial charge in [-0.25, -0.2) is 8.42 Å². The van der Waals surface area contributed by atoms with E-state index < -0.39 is 28.6 Å². The Kier molecular flexibility index (Phi) is 4.62. The molecule has 0 fully saturated rings. The molecule has 0 bridgehead atoms. The second-order valence-corrected chi connectivity index (χ2v) is 4.91. The summed E-state index contributed by atoms with van der Waals surface area (Å²) in [5.74, 6) is -0.841. The Morgan fingerprint density at radius 3 is 2.47 bits per heavy atom. The van der Waals surface area contributed by atoms with Gasteiger partial charge in [0, 0.05) is 0 Å². The average molecular weight is 259 g/mol. The minimum atomic E-state index is -3.84. The fourth-order valence-electron chi connectivity index (χ4n) is 1.16. The molecule has 94 valence electrons. The summed E-state index contributed by atoms with van der Waals surface area (Å²) < 4.78 is 30.0. The van der Waals surface area contributed by atoms with E-state index in [-0.39, 0.29) is 4.90 Å². The van der Waals surface area contributed by atoms with E-state index >= 15 is 0 Å². The number of aliphatic hydroxyl groups is 1. The lowest BCUT2D eigenvalue weighted by atomic mass is 10.3. The minimum absolute atomic E-state index is 0.0161. The summed E-state index contributed by atoms with van der Waals surface area (Å²) in [5.41, 5.74) is 0. The van der Waals surface area contributed by atoms with Gasteiger partial charge in [0.2, 0.25) is 10.0 Å². The van der Waals surface area contributed by atoms with Crippen LogP contribution in [0.5, 0.6) is 0 Å². The SMILES string of the molecule is COC(=O)[C@@H](CO)NS(=O)(=O)c1ccccc1. The van der Waals surface area contributed by atoms with Crippen LogP contribution in [-0.4, -0.2) is 39.3 Å². The van der Waals surface area contributed by atoms with Gasteiger partial charge in [-0.15, -0.1) is 0 Å². The molecular formula is C10H13NO5S. The third kappa shape index (κ3) is 3.52. The van der Waals surface area contributed by atoms with Crippen molar-refractivity contribution in [3.63, 3.8) is 0 Å². The Morgan fingerprint density at radius 1 is 1.41 bits per heavy atom. The van der Waals surface area contributed by atoms with E-state index in [0.717, 1.165) is 7.11 Å². The van der Waals surface area contributed by atoms with Gasteiger partial charge in [-0.3, -0.25) is 4.79 Å². The van der Waals surface area contributed by atoms with Crippen molar-refractivity contribution >= 4 is 16.0 Å². The second kappa shape index (κ2) is 5.76. The van der Waals surface area contributed by atoms with Crippen LogP contribution in [-0.2, 0) is 19.6 Å². The van der Waals surface area contributed by atoms with Crippen LogP contribution < -0.4 is 4.72 Å². The number of hydrogen-bond donors (Lipinski definition) is 2. The highest BCUT2D eigenvalue weighted by molar-refractivity contribution is 7.89. The predicted molar refractivity (Wildman–Crippen MR) is 59.7 cm³/mol. The van der Waals surface area contributed by atoms with Crippen LogP contribution in [0.3, 0.4) is 0 Å². The standard InChI is InChI=1S/C10H13NO5S/c1-16-10(13)9(7-12)11-17(14,15)8-5-3-2-4-6-8/h2-6,9,11-12H,7H2,1H3/t9-/m1/s1. The van der Waals surface area contributed by atoms with Gasteiger partial charge in [0.25, 0.3) is 0 Å². The number of sulfonamides is 1. The summed E-state index contributed by atoms with van der Waals surface area (Å²) in [6, 6.07) is 6.25. The third-order valence-electron chi connectivity index (χ3n) is 2.02. The molecule has 1 aromatic carbocycles. The van der Waals surface area contributed by atoms with E-state index in [4.69, 9.17) is 5.11 Å². The molecule has 0 aromatic heterocycles. The predicted octanol–water partition coefficient (Wildman–Crippen LogP) is -0.501. The van der Waals surface area contributed by atoms with E-state index in [9.17, 15) is 13.2 Å². The van der Waals surface area contributed by atoms with E-state index in [1.807, 2.05) is 0 Å². The van der Waals surface area contributed by atoms with Gasteiger partial charge in [-0.1, -0.05) is 18.2 Å². The monoisotopic (exact) mass is 259 g/mol. The molecule has 17 heavy (non-hydrogen) atoms. The molecule has 0 unspecified atom stereocenters. The number of carbonyl (C=O) groups excluding carboxylic acids is 1.